The van der Waals surface area contributed by atoms with Crippen LogP contribution in [0.25, 0.3) is 11.2 Å². The quantitative estimate of drug-likeness (QED) is 0.434. The summed E-state index contributed by atoms with van der Waals surface area (Å²) in [6.45, 7) is 10.6. The highest BCUT2D eigenvalue weighted by Gasteiger charge is 2.51. The van der Waals surface area contributed by atoms with Gasteiger partial charge in [-0.15, -0.1) is 0 Å². The number of hydrogen-bond acceptors (Lipinski definition) is 8. The van der Waals surface area contributed by atoms with Crippen LogP contribution < -0.4 is 17.2 Å². The number of H-pyrrole nitrogens is 1. The molecule has 6 N–H and O–H groups in total. The molecular weight excluding hydrogens is 368 g/mol. The Hall–Kier alpha value is -1.79. The molecule has 1 saturated heterocycles. The van der Waals surface area contributed by atoms with E-state index in [1.165, 1.54) is 6.33 Å². The molecule has 3 heterocycles. The van der Waals surface area contributed by atoms with E-state index in [-0.39, 0.29) is 16.5 Å². The van der Waals surface area contributed by atoms with E-state index >= 15 is 0 Å². The molecule has 3 rings (SSSR count). The lowest BCUT2D eigenvalue weighted by Crippen LogP contribution is -2.57. The van der Waals surface area contributed by atoms with Crippen molar-refractivity contribution in [1.29, 1.82) is 0 Å². The summed E-state index contributed by atoms with van der Waals surface area (Å²) in [5.74, 6) is 5.50. The Kier molecular flexibility index (Phi) is 4.93. The van der Waals surface area contributed by atoms with Crippen molar-refractivity contribution in [2.24, 2.45) is 5.90 Å². The van der Waals surface area contributed by atoms with E-state index in [9.17, 15) is 9.90 Å². The standard InChI is InChI=1S/C16H28N6O4Si/c1-16(2,3)27(4,5)14(24)11-8(26-18)6-9(25-11)22-7-19-10-12(22)20-15(17)21-13(10)23/h7-9,11,14,24H,6,18H2,1-5H3,(H3,17,20,21,23)/t8-,9+,11-,14?/m0/s1. The summed E-state index contributed by atoms with van der Waals surface area (Å²) < 4.78 is 7.78. The molecule has 4 atom stereocenters. The van der Waals surface area contributed by atoms with Gasteiger partial charge in [0, 0.05) is 6.42 Å². The molecule has 0 saturated carbocycles. The molecule has 150 valence electrons. The number of nitrogen functional groups attached to an aromatic ring is 1. The van der Waals surface area contributed by atoms with E-state index in [0.29, 0.717) is 12.1 Å². The van der Waals surface area contributed by atoms with Gasteiger partial charge in [0.2, 0.25) is 5.95 Å². The first kappa shape index (κ1) is 20.0. The summed E-state index contributed by atoms with van der Waals surface area (Å²) in [5.41, 5.74) is 5.04. The van der Waals surface area contributed by atoms with Crippen molar-refractivity contribution >= 4 is 25.2 Å². The Morgan fingerprint density at radius 3 is 2.74 bits per heavy atom. The second kappa shape index (κ2) is 6.67. The molecule has 0 aromatic carbocycles. The fourth-order valence-electron chi connectivity index (χ4n) is 3.26. The zero-order valence-electron chi connectivity index (χ0n) is 16.3. The lowest BCUT2D eigenvalue weighted by molar-refractivity contribution is -0.0768. The molecular formula is C16H28N6O4Si. The number of nitrogens with one attached hydrogen (secondary N) is 1. The molecule has 11 heteroatoms. The molecule has 10 nitrogen and oxygen atoms in total. The van der Waals surface area contributed by atoms with Crippen LogP contribution in [0.1, 0.15) is 33.4 Å². The number of aliphatic hydroxyl groups is 1. The number of nitrogens with zero attached hydrogens (tertiary/aromatic N) is 3. The average molecular weight is 397 g/mol. The number of aliphatic hydroxyl groups excluding tert-OH is 1. The predicted molar refractivity (Wildman–Crippen MR) is 103 cm³/mol. The van der Waals surface area contributed by atoms with Gasteiger partial charge in [0.15, 0.2) is 11.2 Å². The lowest BCUT2D eigenvalue weighted by atomic mass is 10.2. The van der Waals surface area contributed by atoms with Gasteiger partial charge in [-0.2, -0.15) is 4.98 Å². The molecule has 1 aliphatic rings. The number of ether oxygens (including phenoxy) is 1. The van der Waals surface area contributed by atoms with E-state index in [2.05, 4.69) is 48.8 Å². The van der Waals surface area contributed by atoms with Crippen LogP contribution in [0.4, 0.5) is 5.95 Å². The summed E-state index contributed by atoms with van der Waals surface area (Å²) in [6, 6.07) is 0. The lowest BCUT2D eigenvalue weighted by Gasteiger charge is -2.43. The Balaban J connectivity index is 1.94. The molecule has 0 amide bonds. The van der Waals surface area contributed by atoms with Crippen molar-refractivity contribution in [3.63, 3.8) is 0 Å². The summed E-state index contributed by atoms with van der Waals surface area (Å²) in [7, 11) is -2.14. The maximum absolute atomic E-state index is 12.0. The summed E-state index contributed by atoms with van der Waals surface area (Å²) >= 11 is 0. The van der Waals surface area contributed by atoms with Crippen molar-refractivity contribution in [3.8, 4) is 0 Å². The van der Waals surface area contributed by atoms with Gasteiger partial charge in [-0.05, 0) is 5.04 Å². The molecule has 0 spiro atoms. The minimum Gasteiger partial charge on any atom is -0.394 e. The van der Waals surface area contributed by atoms with Gasteiger partial charge in [-0.3, -0.25) is 19.2 Å². The first-order valence-electron chi connectivity index (χ1n) is 8.88. The van der Waals surface area contributed by atoms with Crippen molar-refractivity contribution in [1.82, 2.24) is 19.5 Å². The van der Waals surface area contributed by atoms with E-state index in [1.807, 2.05) is 0 Å². The molecule has 0 aliphatic carbocycles. The minimum atomic E-state index is -2.14. The summed E-state index contributed by atoms with van der Waals surface area (Å²) in [6.07, 6.45) is 0.272. The van der Waals surface area contributed by atoms with Crippen LogP contribution in [0.3, 0.4) is 0 Å². The maximum atomic E-state index is 12.0. The second-order valence-electron chi connectivity index (χ2n) is 8.66. The van der Waals surface area contributed by atoms with Crippen LogP contribution in [-0.4, -0.2) is 50.6 Å². The number of hydrogen-bond donors (Lipinski definition) is 4. The summed E-state index contributed by atoms with van der Waals surface area (Å²) in [5, 5.41) is 11.1. The Bertz CT molecular complexity index is 889. The van der Waals surface area contributed by atoms with Crippen molar-refractivity contribution in [2.75, 3.05) is 5.73 Å². The molecule has 1 unspecified atom stereocenters. The second-order valence-corrected chi connectivity index (χ2v) is 14.2. The number of nitrogens with two attached hydrogens (primary N) is 2. The number of aromatic amines is 1. The van der Waals surface area contributed by atoms with Crippen molar-refractivity contribution in [3.05, 3.63) is 16.7 Å². The maximum Gasteiger partial charge on any atom is 0.280 e. The van der Waals surface area contributed by atoms with Crippen molar-refractivity contribution < 1.29 is 14.7 Å². The SMILES string of the molecule is CC(C)(C)[Si](C)(C)C(O)[C@H]1O[C@@H](n2cnc3c(=O)[nH]c(N)nc32)C[C@@H]1ON. The third-order valence-electron chi connectivity index (χ3n) is 6.03. The number of fused-ring (bicyclic) bond motifs is 1. The number of rotatable bonds is 4. The molecule has 0 radical (unpaired) electrons. The molecule has 0 bridgehead atoms. The van der Waals surface area contributed by atoms with E-state index in [1.54, 1.807) is 4.57 Å². The van der Waals surface area contributed by atoms with Crippen LogP contribution in [0.5, 0.6) is 0 Å². The molecule has 27 heavy (non-hydrogen) atoms. The molecule has 1 fully saturated rings. The first-order chi connectivity index (χ1) is 12.5. The third kappa shape index (κ3) is 3.29. The topological polar surface area (TPSA) is 154 Å². The normalized spacial score (nSPS) is 25.2. The molecule has 2 aromatic rings. The highest BCUT2D eigenvalue weighted by atomic mass is 28.3. The van der Waals surface area contributed by atoms with Crippen LogP contribution in [0.15, 0.2) is 11.1 Å². The highest BCUT2D eigenvalue weighted by molar-refractivity contribution is 6.81. The van der Waals surface area contributed by atoms with E-state index in [0.717, 1.165) is 0 Å². The van der Waals surface area contributed by atoms with Crippen molar-refractivity contribution in [2.45, 2.75) is 69.5 Å². The van der Waals surface area contributed by atoms with Gasteiger partial charge in [0.25, 0.3) is 5.56 Å². The fourth-order valence-corrected chi connectivity index (χ4v) is 5.26. The smallest absolute Gasteiger partial charge is 0.280 e. The highest BCUT2D eigenvalue weighted by Crippen LogP contribution is 2.43. The number of anilines is 1. The average Bonchev–Trinajstić information content (AvgIpc) is 3.16. The first-order valence-corrected chi connectivity index (χ1v) is 12.0. The van der Waals surface area contributed by atoms with Gasteiger partial charge in [0.05, 0.1) is 20.1 Å². The molecule has 1 aliphatic heterocycles. The zero-order chi connectivity index (χ0) is 20.1. The summed E-state index contributed by atoms with van der Waals surface area (Å²) in [4.78, 5) is 27.8. The fraction of sp³-hybridized carbons (Fsp3) is 0.688. The Morgan fingerprint density at radius 2 is 2.15 bits per heavy atom. The number of imidazole rings is 1. The van der Waals surface area contributed by atoms with Crippen LogP contribution >= 0.6 is 0 Å². The van der Waals surface area contributed by atoms with Gasteiger partial charge in [0.1, 0.15) is 18.4 Å². The van der Waals surface area contributed by atoms with Gasteiger partial charge in [-0.25, -0.2) is 10.9 Å². The van der Waals surface area contributed by atoms with Crippen LogP contribution in [0.2, 0.25) is 18.1 Å². The third-order valence-corrected chi connectivity index (χ3v) is 11.7. The Labute approximate surface area is 157 Å². The van der Waals surface area contributed by atoms with E-state index in [4.69, 9.17) is 21.2 Å². The largest absolute Gasteiger partial charge is 0.394 e. The Morgan fingerprint density at radius 1 is 1.48 bits per heavy atom. The van der Waals surface area contributed by atoms with Gasteiger partial charge in [-0.1, -0.05) is 33.9 Å². The minimum absolute atomic E-state index is 0.00303. The molecule has 2 aromatic heterocycles. The predicted octanol–water partition coefficient (Wildman–Crippen LogP) is 0.657. The van der Waals surface area contributed by atoms with Crippen LogP contribution in [0, 0.1) is 0 Å². The van der Waals surface area contributed by atoms with Gasteiger partial charge >= 0.3 is 0 Å². The zero-order valence-corrected chi connectivity index (χ0v) is 17.3. The monoisotopic (exact) mass is 396 g/mol. The van der Waals surface area contributed by atoms with Gasteiger partial charge < -0.3 is 15.6 Å². The van der Waals surface area contributed by atoms with Crippen LogP contribution in [-0.2, 0) is 9.57 Å². The van der Waals surface area contributed by atoms with E-state index < -0.39 is 37.8 Å². The number of aromatic nitrogens is 4.